The Labute approximate surface area is 156 Å². The van der Waals surface area contributed by atoms with Gasteiger partial charge in [-0.15, -0.1) is 21.5 Å². The van der Waals surface area contributed by atoms with Crippen molar-refractivity contribution in [3.63, 3.8) is 0 Å². The van der Waals surface area contributed by atoms with E-state index in [1.54, 1.807) is 0 Å². The van der Waals surface area contributed by atoms with Gasteiger partial charge < -0.3 is 15.2 Å². The molecule has 128 valence electrons. The van der Waals surface area contributed by atoms with E-state index in [2.05, 4.69) is 31.4 Å². The number of nitrogens with one attached hydrogen (secondary N) is 1. The molecule has 0 spiro atoms. The summed E-state index contributed by atoms with van der Waals surface area (Å²) in [4.78, 5) is 12.5. The number of aromatic carboxylic acids is 1. The maximum absolute atomic E-state index is 11.5. The second kappa shape index (κ2) is 6.70. The van der Waals surface area contributed by atoms with Gasteiger partial charge in [-0.25, -0.2) is 4.79 Å². The lowest BCUT2D eigenvalue weighted by atomic mass is 10.1. The van der Waals surface area contributed by atoms with Crippen LogP contribution in [0.15, 0.2) is 34.8 Å². The molecule has 0 aliphatic carbocycles. The van der Waals surface area contributed by atoms with Crippen LogP contribution in [0.4, 0.5) is 5.82 Å². The highest BCUT2D eigenvalue weighted by Crippen LogP contribution is 2.38. The van der Waals surface area contributed by atoms with E-state index in [0.717, 1.165) is 26.7 Å². The average Bonchev–Trinajstić information content (AvgIpc) is 3.24. The molecule has 0 saturated carbocycles. The number of rotatable bonds is 4. The zero-order chi connectivity index (χ0) is 17.4. The smallest absolute Gasteiger partial charge is 0.357 e. The van der Waals surface area contributed by atoms with E-state index in [1.165, 1.54) is 11.3 Å². The number of aromatic nitrogens is 2. The molecule has 4 rings (SSSR count). The van der Waals surface area contributed by atoms with Gasteiger partial charge in [0, 0.05) is 21.3 Å². The average molecular weight is 420 g/mol. The molecule has 25 heavy (non-hydrogen) atoms. The Balaban J connectivity index is 1.84. The Morgan fingerprint density at radius 3 is 2.96 bits per heavy atom. The van der Waals surface area contributed by atoms with Crippen molar-refractivity contribution in [2.45, 2.75) is 12.5 Å². The molecule has 1 unspecified atom stereocenters. The maximum Gasteiger partial charge on any atom is 0.357 e. The van der Waals surface area contributed by atoms with Crippen LogP contribution in [0.5, 0.6) is 0 Å². The normalized spacial score (nSPS) is 17.1. The van der Waals surface area contributed by atoms with Crippen LogP contribution in [0.3, 0.4) is 0 Å². The molecule has 1 aromatic carbocycles. The number of ether oxygens (including phenoxy) is 1. The maximum atomic E-state index is 11.5. The van der Waals surface area contributed by atoms with Crippen molar-refractivity contribution in [1.82, 2.24) is 10.2 Å². The van der Waals surface area contributed by atoms with Gasteiger partial charge in [0.05, 0.1) is 17.3 Å². The first-order chi connectivity index (χ1) is 12.1. The molecule has 8 heteroatoms. The summed E-state index contributed by atoms with van der Waals surface area (Å²) in [5.74, 6) is -0.469. The van der Waals surface area contributed by atoms with Gasteiger partial charge in [0.15, 0.2) is 11.5 Å². The molecule has 1 aliphatic rings. The predicted octanol–water partition coefficient (Wildman–Crippen LogP) is 4.02. The SMILES string of the molecule is O=C(O)c1nnc(NC2CCOC2)c2cc(-c3cccc(Br)c3)sc12. The molecule has 2 N–H and O–H groups in total. The van der Waals surface area contributed by atoms with Gasteiger partial charge in [-0.05, 0) is 30.2 Å². The second-order valence-electron chi connectivity index (χ2n) is 5.77. The number of fused-ring (bicyclic) bond motifs is 1. The number of carbonyl (C=O) groups is 1. The Kier molecular flexibility index (Phi) is 4.41. The van der Waals surface area contributed by atoms with Crippen LogP contribution in [-0.2, 0) is 4.74 Å². The summed E-state index contributed by atoms with van der Waals surface area (Å²) in [5.41, 5.74) is 0.997. The fourth-order valence-corrected chi connectivity index (χ4v) is 4.35. The van der Waals surface area contributed by atoms with E-state index in [-0.39, 0.29) is 11.7 Å². The number of carboxylic acids is 1. The number of nitrogens with zero attached hydrogens (tertiary/aromatic N) is 2. The van der Waals surface area contributed by atoms with Crippen molar-refractivity contribution in [2.24, 2.45) is 0 Å². The largest absolute Gasteiger partial charge is 0.476 e. The third-order valence-corrected chi connectivity index (χ3v) is 5.72. The van der Waals surface area contributed by atoms with Crippen molar-refractivity contribution in [2.75, 3.05) is 18.5 Å². The molecule has 3 aromatic rings. The van der Waals surface area contributed by atoms with Crippen LogP contribution in [0.1, 0.15) is 16.9 Å². The number of carboxylic acid groups (broad SMARTS) is 1. The van der Waals surface area contributed by atoms with Crippen LogP contribution < -0.4 is 5.32 Å². The number of benzene rings is 1. The van der Waals surface area contributed by atoms with Gasteiger partial charge in [0.1, 0.15) is 0 Å². The molecule has 0 bridgehead atoms. The van der Waals surface area contributed by atoms with Crippen molar-refractivity contribution in [3.05, 3.63) is 40.5 Å². The molecule has 1 atom stereocenters. The Morgan fingerprint density at radius 1 is 1.36 bits per heavy atom. The fraction of sp³-hybridized carbons (Fsp3) is 0.235. The first-order valence-electron chi connectivity index (χ1n) is 7.75. The van der Waals surface area contributed by atoms with Gasteiger partial charge in [-0.2, -0.15) is 0 Å². The zero-order valence-electron chi connectivity index (χ0n) is 13.0. The van der Waals surface area contributed by atoms with Crippen LogP contribution in [-0.4, -0.2) is 40.5 Å². The number of hydrogen-bond donors (Lipinski definition) is 2. The third kappa shape index (κ3) is 3.24. The van der Waals surface area contributed by atoms with E-state index in [1.807, 2.05) is 30.3 Å². The van der Waals surface area contributed by atoms with E-state index in [4.69, 9.17) is 4.74 Å². The number of thiophene rings is 1. The minimum absolute atomic E-state index is 0.0190. The molecule has 0 amide bonds. The highest BCUT2D eigenvalue weighted by molar-refractivity contribution is 9.10. The van der Waals surface area contributed by atoms with E-state index in [9.17, 15) is 9.90 Å². The summed E-state index contributed by atoms with van der Waals surface area (Å²) in [5, 5.41) is 21.6. The van der Waals surface area contributed by atoms with Gasteiger partial charge >= 0.3 is 5.97 Å². The lowest BCUT2D eigenvalue weighted by Crippen LogP contribution is -2.20. The minimum atomic E-state index is -1.07. The van der Waals surface area contributed by atoms with E-state index >= 15 is 0 Å². The number of hydrogen-bond acceptors (Lipinski definition) is 6. The molecule has 2 aromatic heterocycles. The summed E-state index contributed by atoms with van der Waals surface area (Å²) in [6, 6.07) is 10.0. The quantitative estimate of drug-likeness (QED) is 0.664. The van der Waals surface area contributed by atoms with Crippen LogP contribution in [0.25, 0.3) is 20.5 Å². The van der Waals surface area contributed by atoms with Gasteiger partial charge in [0.2, 0.25) is 0 Å². The summed E-state index contributed by atoms with van der Waals surface area (Å²) in [6.07, 6.45) is 0.895. The predicted molar refractivity (Wildman–Crippen MR) is 100 cm³/mol. The number of anilines is 1. The van der Waals surface area contributed by atoms with Crippen LogP contribution in [0.2, 0.25) is 0 Å². The van der Waals surface area contributed by atoms with Crippen molar-refractivity contribution >= 4 is 49.1 Å². The Morgan fingerprint density at radius 2 is 2.24 bits per heavy atom. The Bertz CT molecular complexity index is 953. The minimum Gasteiger partial charge on any atom is -0.476 e. The summed E-state index contributed by atoms with van der Waals surface area (Å²) < 4.78 is 6.98. The topological polar surface area (TPSA) is 84.3 Å². The summed E-state index contributed by atoms with van der Waals surface area (Å²) in [6.45, 7) is 1.33. The van der Waals surface area contributed by atoms with Crippen LogP contribution in [0, 0.1) is 0 Å². The molecule has 1 saturated heterocycles. The second-order valence-corrected chi connectivity index (χ2v) is 7.74. The van der Waals surface area contributed by atoms with E-state index in [0.29, 0.717) is 23.7 Å². The zero-order valence-corrected chi connectivity index (χ0v) is 15.4. The molecule has 0 radical (unpaired) electrons. The van der Waals surface area contributed by atoms with Crippen molar-refractivity contribution in [3.8, 4) is 10.4 Å². The van der Waals surface area contributed by atoms with Gasteiger partial charge in [-0.3, -0.25) is 0 Å². The first-order valence-corrected chi connectivity index (χ1v) is 9.36. The molecular formula is C17H14BrN3O3S. The summed E-state index contributed by atoms with van der Waals surface area (Å²) >= 11 is 4.88. The number of halogens is 1. The highest BCUT2D eigenvalue weighted by Gasteiger charge is 2.22. The van der Waals surface area contributed by atoms with Gasteiger partial charge in [-0.1, -0.05) is 28.1 Å². The molecule has 6 nitrogen and oxygen atoms in total. The molecular weight excluding hydrogens is 406 g/mol. The standard InChI is InChI=1S/C17H14BrN3O3S/c18-10-3-1-2-9(6-10)13-7-12-15(25-13)14(17(22)23)20-21-16(12)19-11-4-5-24-8-11/h1-3,6-7,11H,4-5,8H2,(H,19,21)(H,22,23). The Hall–Kier alpha value is -2.03. The summed E-state index contributed by atoms with van der Waals surface area (Å²) in [7, 11) is 0. The first kappa shape index (κ1) is 16.4. The fourth-order valence-electron chi connectivity index (χ4n) is 2.81. The van der Waals surface area contributed by atoms with Gasteiger partial charge in [0.25, 0.3) is 0 Å². The lowest BCUT2D eigenvalue weighted by molar-refractivity contribution is 0.0692. The molecule has 1 fully saturated rings. The monoisotopic (exact) mass is 419 g/mol. The van der Waals surface area contributed by atoms with Crippen molar-refractivity contribution < 1.29 is 14.6 Å². The third-order valence-electron chi connectivity index (χ3n) is 4.03. The van der Waals surface area contributed by atoms with Crippen molar-refractivity contribution in [1.29, 1.82) is 0 Å². The van der Waals surface area contributed by atoms with E-state index < -0.39 is 5.97 Å². The lowest BCUT2D eigenvalue weighted by Gasteiger charge is -2.11. The highest BCUT2D eigenvalue weighted by atomic mass is 79.9. The molecule has 1 aliphatic heterocycles. The molecule has 3 heterocycles. The van der Waals surface area contributed by atoms with Crippen LogP contribution >= 0.6 is 27.3 Å².